The predicted molar refractivity (Wildman–Crippen MR) is 106 cm³/mol. The zero-order valence-electron chi connectivity index (χ0n) is 15.6. The Morgan fingerprint density at radius 1 is 0.964 bits per heavy atom. The summed E-state index contributed by atoms with van der Waals surface area (Å²) in [7, 11) is 0. The number of phenolic OH excluding ortho intramolecular Hbond substituents is 2. The first-order valence-electron chi connectivity index (χ1n) is 8.51. The van der Waals surface area contributed by atoms with Crippen LogP contribution in [0.2, 0.25) is 0 Å². The number of halogens is 1. The first kappa shape index (κ1) is 23.3. The number of benzene rings is 2. The molecule has 0 aliphatic heterocycles. The Labute approximate surface area is 169 Å². The van der Waals surface area contributed by atoms with Crippen molar-refractivity contribution in [3.63, 3.8) is 0 Å². The van der Waals surface area contributed by atoms with Crippen LogP contribution in [0.25, 0.3) is 0 Å². The Morgan fingerprint density at radius 2 is 1.57 bits per heavy atom. The SMILES string of the molecule is C[C@@H](OC(=O)c1ccccc1)[C@@H](C)OC(=O)[C@@H](N)Cc1ccc(O)c(O)c1.Cl. The molecule has 0 radical (unpaired) electrons. The second kappa shape index (κ2) is 10.5. The average molecular weight is 410 g/mol. The highest BCUT2D eigenvalue weighted by Gasteiger charge is 2.24. The minimum absolute atomic E-state index is 0. The Bertz CT molecular complexity index is 799. The van der Waals surface area contributed by atoms with Crippen molar-refractivity contribution in [1.29, 1.82) is 0 Å². The molecule has 0 aromatic heterocycles. The van der Waals surface area contributed by atoms with Crippen molar-refractivity contribution >= 4 is 24.3 Å². The number of aromatic hydroxyl groups is 2. The van der Waals surface area contributed by atoms with E-state index < -0.39 is 30.2 Å². The number of rotatable bonds is 7. The van der Waals surface area contributed by atoms with Crippen LogP contribution in [0.15, 0.2) is 48.5 Å². The van der Waals surface area contributed by atoms with Gasteiger partial charge in [0, 0.05) is 0 Å². The first-order valence-corrected chi connectivity index (χ1v) is 8.51. The van der Waals surface area contributed by atoms with Crippen molar-refractivity contribution in [3.05, 3.63) is 59.7 Å². The van der Waals surface area contributed by atoms with Gasteiger partial charge in [-0.3, -0.25) is 4.79 Å². The van der Waals surface area contributed by atoms with Crippen LogP contribution in [0.1, 0.15) is 29.8 Å². The third-order valence-electron chi connectivity index (χ3n) is 4.06. The van der Waals surface area contributed by atoms with Gasteiger partial charge in [0.25, 0.3) is 0 Å². The van der Waals surface area contributed by atoms with Gasteiger partial charge < -0.3 is 25.4 Å². The summed E-state index contributed by atoms with van der Waals surface area (Å²) in [5.74, 6) is -1.70. The van der Waals surface area contributed by atoms with Crippen molar-refractivity contribution in [2.24, 2.45) is 5.73 Å². The van der Waals surface area contributed by atoms with E-state index >= 15 is 0 Å². The maximum absolute atomic E-state index is 12.2. The van der Waals surface area contributed by atoms with E-state index in [0.29, 0.717) is 11.1 Å². The lowest BCUT2D eigenvalue weighted by atomic mass is 10.1. The van der Waals surface area contributed by atoms with Crippen molar-refractivity contribution in [3.8, 4) is 11.5 Å². The number of hydrogen-bond acceptors (Lipinski definition) is 7. The van der Waals surface area contributed by atoms with E-state index in [9.17, 15) is 19.8 Å². The summed E-state index contributed by atoms with van der Waals surface area (Å²) in [5.41, 5.74) is 6.84. The minimum atomic E-state index is -0.964. The fourth-order valence-corrected chi connectivity index (χ4v) is 2.31. The highest BCUT2D eigenvalue weighted by Crippen LogP contribution is 2.25. The Hall–Kier alpha value is -2.77. The summed E-state index contributed by atoms with van der Waals surface area (Å²) >= 11 is 0. The molecule has 0 heterocycles. The second-order valence-corrected chi connectivity index (χ2v) is 6.25. The van der Waals surface area contributed by atoms with Gasteiger partial charge in [-0.25, -0.2) is 4.79 Å². The van der Waals surface area contributed by atoms with E-state index in [1.165, 1.54) is 12.1 Å². The van der Waals surface area contributed by atoms with Gasteiger partial charge in [-0.1, -0.05) is 24.3 Å². The number of nitrogens with two attached hydrogens (primary N) is 1. The highest BCUT2D eigenvalue weighted by molar-refractivity contribution is 5.89. The van der Waals surface area contributed by atoms with Gasteiger partial charge in [0.05, 0.1) is 5.56 Å². The zero-order chi connectivity index (χ0) is 20.0. The van der Waals surface area contributed by atoms with Gasteiger partial charge in [-0.2, -0.15) is 0 Å². The summed E-state index contributed by atoms with van der Waals surface area (Å²) in [6.07, 6.45) is -1.23. The third kappa shape index (κ3) is 6.44. The quantitative estimate of drug-likeness (QED) is 0.475. The Kier molecular flexibility index (Phi) is 8.76. The molecule has 4 N–H and O–H groups in total. The monoisotopic (exact) mass is 409 g/mol. The molecule has 0 fully saturated rings. The fraction of sp³-hybridized carbons (Fsp3) is 0.300. The maximum Gasteiger partial charge on any atom is 0.338 e. The predicted octanol–water partition coefficient (Wildman–Crippen LogP) is 2.57. The number of phenols is 2. The molecule has 2 aromatic carbocycles. The summed E-state index contributed by atoms with van der Waals surface area (Å²) in [6.45, 7) is 3.24. The number of carbonyl (C=O) groups is 2. The molecule has 0 saturated carbocycles. The summed E-state index contributed by atoms with van der Waals surface area (Å²) in [4.78, 5) is 24.2. The molecule has 0 bridgehead atoms. The number of hydrogen-bond donors (Lipinski definition) is 3. The van der Waals surface area contributed by atoms with Crippen LogP contribution in [-0.2, 0) is 20.7 Å². The van der Waals surface area contributed by atoms with Gasteiger partial charge in [-0.05, 0) is 50.1 Å². The van der Waals surface area contributed by atoms with Crippen LogP contribution in [0.5, 0.6) is 11.5 Å². The van der Waals surface area contributed by atoms with Crippen LogP contribution in [0.3, 0.4) is 0 Å². The molecule has 8 heteroatoms. The molecule has 3 atom stereocenters. The van der Waals surface area contributed by atoms with E-state index in [-0.39, 0.29) is 30.3 Å². The van der Waals surface area contributed by atoms with E-state index in [4.69, 9.17) is 15.2 Å². The Balaban J connectivity index is 0.00000392. The van der Waals surface area contributed by atoms with Crippen molar-refractivity contribution in [2.45, 2.75) is 38.5 Å². The molecular weight excluding hydrogens is 386 g/mol. The lowest BCUT2D eigenvalue weighted by molar-refractivity contribution is -0.154. The van der Waals surface area contributed by atoms with Crippen LogP contribution >= 0.6 is 12.4 Å². The number of carbonyl (C=O) groups excluding carboxylic acids is 2. The summed E-state index contributed by atoms with van der Waals surface area (Å²) in [5, 5.41) is 18.8. The van der Waals surface area contributed by atoms with Crippen LogP contribution in [0.4, 0.5) is 0 Å². The van der Waals surface area contributed by atoms with Gasteiger partial charge in [0.15, 0.2) is 11.5 Å². The maximum atomic E-state index is 12.2. The molecule has 0 aliphatic rings. The van der Waals surface area contributed by atoms with Crippen LogP contribution < -0.4 is 5.73 Å². The van der Waals surface area contributed by atoms with E-state index in [1.54, 1.807) is 50.2 Å². The summed E-state index contributed by atoms with van der Waals surface area (Å²) < 4.78 is 10.6. The highest BCUT2D eigenvalue weighted by atomic mass is 35.5. The zero-order valence-corrected chi connectivity index (χ0v) is 16.4. The van der Waals surface area contributed by atoms with Gasteiger partial charge in [0.2, 0.25) is 0 Å². The molecule has 2 aromatic rings. The van der Waals surface area contributed by atoms with Gasteiger partial charge >= 0.3 is 11.9 Å². The molecule has 0 aliphatic carbocycles. The van der Waals surface area contributed by atoms with Gasteiger partial charge in [0.1, 0.15) is 18.2 Å². The minimum Gasteiger partial charge on any atom is -0.504 e. The third-order valence-corrected chi connectivity index (χ3v) is 4.06. The standard InChI is InChI=1S/C20H23NO6.ClH/c1-12(26-19(24)15-6-4-3-5-7-15)13(2)27-20(25)16(21)10-14-8-9-17(22)18(23)11-14;/h3-9,11-13,16,22-23H,10,21H2,1-2H3;1H/t12-,13-,16+;/m1./s1. The smallest absolute Gasteiger partial charge is 0.338 e. The molecule has 152 valence electrons. The lowest BCUT2D eigenvalue weighted by Crippen LogP contribution is -2.39. The first-order chi connectivity index (χ1) is 12.8. The second-order valence-electron chi connectivity index (χ2n) is 6.25. The van der Waals surface area contributed by atoms with E-state index in [1.807, 2.05) is 0 Å². The summed E-state index contributed by atoms with van der Waals surface area (Å²) in [6, 6.07) is 11.7. The molecule has 2 rings (SSSR count). The normalized spacial score (nSPS) is 13.5. The topological polar surface area (TPSA) is 119 Å². The molecule has 0 unspecified atom stereocenters. The Morgan fingerprint density at radius 3 is 2.18 bits per heavy atom. The van der Waals surface area contributed by atoms with E-state index in [0.717, 1.165) is 0 Å². The molecule has 0 saturated heterocycles. The number of esters is 2. The van der Waals surface area contributed by atoms with Crippen molar-refractivity contribution in [1.82, 2.24) is 0 Å². The van der Waals surface area contributed by atoms with Gasteiger partial charge in [-0.15, -0.1) is 12.4 Å². The van der Waals surface area contributed by atoms with Crippen LogP contribution in [0, 0.1) is 0 Å². The van der Waals surface area contributed by atoms with Crippen molar-refractivity contribution < 1.29 is 29.3 Å². The van der Waals surface area contributed by atoms with Crippen molar-refractivity contribution in [2.75, 3.05) is 0 Å². The largest absolute Gasteiger partial charge is 0.504 e. The molecule has 7 nitrogen and oxygen atoms in total. The molecule has 28 heavy (non-hydrogen) atoms. The fourth-order valence-electron chi connectivity index (χ4n) is 2.31. The lowest BCUT2D eigenvalue weighted by Gasteiger charge is -2.22. The van der Waals surface area contributed by atoms with E-state index in [2.05, 4.69) is 0 Å². The molecule has 0 amide bonds. The number of ether oxygens (including phenoxy) is 2. The average Bonchev–Trinajstić information content (AvgIpc) is 2.65. The van der Waals surface area contributed by atoms with Crippen LogP contribution in [-0.4, -0.2) is 40.4 Å². The molecule has 0 spiro atoms. The molecular formula is C20H24ClNO6.